The molecule has 0 aromatic heterocycles. The van der Waals surface area contributed by atoms with Gasteiger partial charge >= 0.3 is 12.0 Å². The molecule has 0 aromatic carbocycles. The van der Waals surface area contributed by atoms with E-state index < -0.39 is 23.9 Å². The van der Waals surface area contributed by atoms with Crippen LogP contribution in [0.15, 0.2) is 0 Å². The van der Waals surface area contributed by atoms with Gasteiger partial charge in [-0.3, -0.25) is 9.59 Å². The van der Waals surface area contributed by atoms with Crippen molar-refractivity contribution in [3.8, 4) is 0 Å². The summed E-state index contributed by atoms with van der Waals surface area (Å²) in [6, 6.07) is -1.08. The van der Waals surface area contributed by atoms with Gasteiger partial charge in [0.2, 0.25) is 5.91 Å². The van der Waals surface area contributed by atoms with Crippen molar-refractivity contribution >= 4 is 17.9 Å². The van der Waals surface area contributed by atoms with Crippen molar-refractivity contribution < 1.29 is 19.5 Å². The molecule has 8 heteroatoms. The third kappa shape index (κ3) is 14.1. The number of amides is 3. The summed E-state index contributed by atoms with van der Waals surface area (Å²) in [5.74, 6) is -1.48. The van der Waals surface area contributed by atoms with Gasteiger partial charge in [-0.05, 0) is 12.3 Å². The molecule has 1 atom stereocenters. The largest absolute Gasteiger partial charge is 0.480 e. The molecule has 0 heterocycles. The fraction of sp³-hybridized carbons (Fsp3) is 0.727. The van der Waals surface area contributed by atoms with Gasteiger partial charge in [-0.25, -0.2) is 4.79 Å². The summed E-state index contributed by atoms with van der Waals surface area (Å²) in [5.41, 5.74) is 10.2. The lowest BCUT2D eigenvalue weighted by Crippen LogP contribution is -2.45. The molecule has 0 radical (unpaired) electrons. The van der Waals surface area contributed by atoms with Crippen molar-refractivity contribution in [2.75, 3.05) is 13.1 Å². The molecule has 0 saturated heterocycles. The number of carbonyl (C=O) groups is 3. The van der Waals surface area contributed by atoms with Crippen LogP contribution in [0.2, 0.25) is 0 Å². The molecule has 1 unspecified atom stereocenters. The smallest absolute Gasteiger partial charge is 0.322 e. The first-order valence-corrected chi connectivity index (χ1v) is 6.00. The molecule has 0 aliphatic heterocycles. The fourth-order valence-electron chi connectivity index (χ4n) is 0.832. The SMILES string of the molecule is CC(C)C(N)C(=O)NCC(=O)O.CCCNC(N)=O. The molecule has 0 spiro atoms. The molecule has 8 nitrogen and oxygen atoms in total. The molecule has 0 saturated carbocycles. The van der Waals surface area contributed by atoms with E-state index in [0.29, 0.717) is 6.54 Å². The number of hydrogen-bond donors (Lipinski definition) is 5. The maximum Gasteiger partial charge on any atom is 0.322 e. The van der Waals surface area contributed by atoms with Gasteiger partial charge in [-0.15, -0.1) is 0 Å². The van der Waals surface area contributed by atoms with Crippen LogP contribution in [0.5, 0.6) is 0 Å². The van der Waals surface area contributed by atoms with Gasteiger partial charge in [0.25, 0.3) is 0 Å². The maximum absolute atomic E-state index is 11.0. The molecule has 0 aromatic rings. The molecule has 7 N–H and O–H groups in total. The van der Waals surface area contributed by atoms with Gasteiger partial charge in [-0.2, -0.15) is 0 Å². The predicted octanol–water partition coefficient (Wildman–Crippen LogP) is -0.765. The normalized spacial score (nSPS) is 11.0. The number of hydrogen-bond acceptors (Lipinski definition) is 4. The predicted molar refractivity (Wildman–Crippen MR) is 71.3 cm³/mol. The zero-order valence-electron chi connectivity index (χ0n) is 11.6. The summed E-state index contributed by atoms with van der Waals surface area (Å²) >= 11 is 0. The Morgan fingerprint density at radius 3 is 2.00 bits per heavy atom. The second kappa shape index (κ2) is 11.3. The molecule has 0 bridgehead atoms. The van der Waals surface area contributed by atoms with Gasteiger partial charge in [-0.1, -0.05) is 20.8 Å². The lowest BCUT2D eigenvalue weighted by atomic mass is 10.1. The highest BCUT2D eigenvalue weighted by Crippen LogP contribution is 1.96. The Morgan fingerprint density at radius 1 is 1.21 bits per heavy atom. The maximum atomic E-state index is 11.0. The Morgan fingerprint density at radius 2 is 1.74 bits per heavy atom. The van der Waals surface area contributed by atoms with Crippen molar-refractivity contribution in [1.29, 1.82) is 0 Å². The van der Waals surface area contributed by atoms with Gasteiger partial charge in [0, 0.05) is 6.54 Å². The molecular formula is C11H24N4O4. The first-order valence-electron chi connectivity index (χ1n) is 6.00. The Balaban J connectivity index is 0. The third-order valence-corrected chi connectivity index (χ3v) is 1.98. The summed E-state index contributed by atoms with van der Waals surface area (Å²) in [6.07, 6.45) is 0.933. The molecule has 3 amide bonds. The number of primary amides is 1. The molecule has 19 heavy (non-hydrogen) atoms. The highest BCUT2D eigenvalue weighted by Gasteiger charge is 2.16. The minimum Gasteiger partial charge on any atom is -0.480 e. The lowest BCUT2D eigenvalue weighted by molar-refractivity contribution is -0.138. The third-order valence-electron chi connectivity index (χ3n) is 1.98. The Kier molecular flexibility index (Phi) is 11.6. The van der Waals surface area contributed by atoms with Gasteiger partial charge in [0.15, 0.2) is 0 Å². The van der Waals surface area contributed by atoms with Crippen LogP contribution in [-0.2, 0) is 9.59 Å². The Hall–Kier alpha value is -1.83. The zero-order valence-corrected chi connectivity index (χ0v) is 11.6. The summed E-state index contributed by atoms with van der Waals surface area (Å²) in [7, 11) is 0. The number of aliphatic carboxylic acids is 1. The van der Waals surface area contributed by atoms with Crippen LogP contribution in [-0.4, -0.2) is 42.1 Å². The standard InChI is InChI=1S/C7H14N2O3.C4H10N2O/c1-4(2)6(8)7(12)9-3-5(10)11;1-2-3-6-4(5)7/h4,6H,3,8H2,1-2H3,(H,9,12)(H,10,11);2-3H2,1H3,(H3,5,6,7). The van der Waals surface area contributed by atoms with E-state index in [0.717, 1.165) is 6.42 Å². The van der Waals surface area contributed by atoms with Crippen LogP contribution >= 0.6 is 0 Å². The Labute approximate surface area is 112 Å². The number of urea groups is 1. The van der Waals surface area contributed by atoms with Crippen LogP contribution in [0.3, 0.4) is 0 Å². The first kappa shape index (κ1) is 19.5. The van der Waals surface area contributed by atoms with Crippen molar-refractivity contribution in [2.45, 2.75) is 33.2 Å². The molecule has 0 aliphatic rings. The van der Waals surface area contributed by atoms with Gasteiger partial charge in [0.1, 0.15) is 6.54 Å². The van der Waals surface area contributed by atoms with E-state index in [4.69, 9.17) is 16.6 Å². The second-order valence-corrected chi connectivity index (χ2v) is 4.17. The highest BCUT2D eigenvalue weighted by molar-refractivity contribution is 5.85. The van der Waals surface area contributed by atoms with E-state index in [1.165, 1.54) is 0 Å². The lowest BCUT2D eigenvalue weighted by Gasteiger charge is -2.13. The van der Waals surface area contributed by atoms with Gasteiger partial charge in [0.05, 0.1) is 6.04 Å². The quantitative estimate of drug-likeness (QED) is 0.432. The summed E-state index contributed by atoms with van der Waals surface area (Å²) < 4.78 is 0. The van der Waals surface area contributed by atoms with Crippen LogP contribution in [0.4, 0.5) is 4.79 Å². The molecule has 0 rings (SSSR count). The van der Waals surface area contributed by atoms with E-state index in [-0.39, 0.29) is 12.5 Å². The average Bonchev–Trinajstić information content (AvgIpc) is 2.32. The van der Waals surface area contributed by atoms with E-state index in [1.807, 2.05) is 6.92 Å². The van der Waals surface area contributed by atoms with Crippen molar-refractivity contribution in [1.82, 2.24) is 10.6 Å². The summed E-state index contributed by atoms with van der Waals surface area (Å²) in [4.78, 5) is 30.9. The molecule has 0 aliphatic carbocycles. The molecule has 0 fully saturated rings. The minimum atomic E-state index is -1.07. The van der Waals surface area contributed by atoms with Gasteiger partial charge < -0.3 is 27.2 Å². The van der Waals surface area contributed by atoms with E-state index >= 15 is 0 Å². The van der Waals surface area contributed by atoms with Crippen molar-refractivity contribution in [3.05, 3.63) is 0 Å². The summed E-state index contributed by atoms with van der Waals surface area (Å²) in [5, 5.41) is 12.9. The topological polar surface area (TPSA) is 148 Å². The van der Waals surface area contributed by atoms with Crippen molar-refractivity contribution in [3.63, 3.8) is 0 Å². The fourth-order valence-corrected chi connectivity index (χ4v) is 0.832. The number of carbonyl (C=O) groups excluding carboxylic acids is 2. The van der Waals surface area contributed by atoms with E-state index in [9.17, 15) is 14.4 Å². The van der Waals surface area contributed by atoms with Crippen LogP contribution < -0.4 is 22.1 Å². The Bertz CT molecular complexity index is 294. The van der Waals surface area contributed by atoms with Crippen LogP contribution in [0, 0.1) is 5.92 Å². The summed E-state index contributed by atoms with van der Waals surface area (Å²) in [6.45, 7) is 5.86. The second-order valence-electron chi connectivity index (χ2n) is 4.17. The van der Waals surface area contributed by atoms with Crippen LogP contribution in [0.25, 0.3) is 0 Å². The number of carboxylic acids is 1. The monoisotopic (exact) mass is 276 g/mol. The van der Waals surface area contributed by atoms with E-state index in [2.05, 4.69) is 10.6 Å². The minimum absolute atomic E-state index is 0.0128. The number of nitrogens with two attached hydrogens (primary N) is 2. The molecule has 112 valence electrons. The zero-order chi connectivity index (χ0) is 15.4. The number of carboxylic acid groups (broad SMARTS) is 1. The van der Waals surface area contributed by atoms with Crippen LogP contribution in [0.1, 0.15) is 27.2 Å². The first-order chi connectivity index (χ1) is 8.72. The highest BCUT2D eigenvalue weighted by atomic mass is 16.4. The average molecular weight is 276 g/mol. The number of rotatable bonds is 6. The number of nitrogens with one attached hydrogen (secondary N) is 2. The molecular weight excluding hydrogens is 252 g/mol. The van der Waals surface area contributed by atoms with E-state index in [1.54, 1.807) is 13.8 Å². The van der Waals surface area contributed by atoms with Crippen molar-refractivity contribution in [2.24, 2.45) is 17.4 Å².